The van der Waals surface area contributed by atoms with Gasteiger partial charge in [-0.05, 0) is 36.4 Å². The van der Waals surface area contributed by atoms with Crippen LogP contribution in [0.5, 0.6) is 0 Å². The Morgan fingerprint density at radius 3 is 2.15 bits per heavy atom. The van der Waals surface area contributed by atoms with Crippen molar-refractivity contribution in [3.63, 3.8) is 0 Å². The summed E-state index contributed by atoms with van der Waals surface area (Å²) >= 11 is 0. The first-order chi connectivity index (χ1) is 9.29. The van der Waals surface area contributed by atoms with Crippen molar-refractivity contribution in [2.24, 2.45) is 0 Å². The maximum atomic E-state index is 13.0. The summed E-state index contributed by atoms with van der Waals surface area (Å²) < 4.78 is 64.7. The maximum absolute atomic E-state index is 13.0. The number of hydrogen-bond acceptors (Lipinski definition) is 3. The SMILES string of the molecule is Nc1cc(NS(=O)(=O)c2ccc(F)c(F)c2)ccc1F. The molecule has 0 fully saturated rings. The monoisotopic (exact) mass is 302 g/mol. The van der Waals surface area contributed by atoms with Gasteiger partial charge in [0.25, 0.3) is 10.0 Å². The van der Waals surface area contributed by atoms with Gasteiger partial charge in [-0.1, -0.05) is 0 Å². The van der Waals surface area contributed by atoms with Gasteiger partial charge < -0.3 is 5.73 Å². The topological polar surface area (TPSA) is 72.2 Å². The van der Waals surface area contributed by atoms with Crippen molar-refractivity contribution in [3.8, 4) is 0 Å². The smallest absolute Gasteiger partial charge is 0.262 e. The zero-order valence-corrected chi connectivity index (χ0v) is 10.7. The predicted octanol–water partition coefficient (Wildman–Crippen LogP) is 2.49. The van der Waals surface area contributed by atoms with E-state index in [1.807, 2.05) is 0 Å². The molecule has 0 spiro atoms. The van der Waals surface area contributed by atoms with E-state index in [0.717, 1.165) is 24.3 Å². The van der Waals surface area contributed by atoms with Gasteiger partial charge in [0.05, 0.1) is 16.3 Å². The van der Waals surface area contributed by atoms with Crippen LogP contribution in [0.4, 0.5) is 24.5 Å². The molecule has 3 N–H and O–H groups in total. The van der Waals surface area contributed by atoms with E-state index < -0.39 is 32.4 Å². The normalized spacial score (nSPS) is 11.3. The van der Waals surface area contributed by atoms with Crippen molar-refractivity contribution in [2.45, 2.75) is 4.90 Å². The standard InChI is InChI=1S/C12H9F3N2O2S/c13-9-4-2-8(6-11(9)15)20(18,19)17-7-1-3-10(14)12(16)5-7/h1-6,17H,16H2. The van der Waals surface area contributed by atoms with Crippen LogP contribution in [0.25, 0.3) is 0 Å². The molecule has 20 heavy (non-hydrogen) atoms. The summed E-state index contributed by atoms with van der Waals surface area (Å²) in [6.07, 6.45) is 0. The molecule has 0 amide bonds. The van der Waals surface area contributed by atoms with Crippen molar-refractivity contribution < 1.29 is 21.6 Å². The lowest BCUT2D eigenvalue weighted by Gasteiger charge is -2.09. The fourth-order valence-corrected chi connectivity index (χ4v) is 2.53. The number of hydrogen-bond donors (Lipinski definition) is 2. The Kier molecular flexibility index (Phi) is 3.58. The third kappa shape index (κ3) is 2.85. The third-order valence-corrected chi connectivity index (χ3v) is 3.83. The highest BCUT2D eigenvalue weighted by atomic mass is 32.2. The van der Waals surface area contributed by atoms with E-state index in [0.29, 0.717) is 12.1 Å². The number of nitrogen functional groups attached to an aromatic ring is 1. The molecule has 4 nitrogen and oxygen atoms in total. The molecule has 8 heteroatoms. The number of nitrogens with two attached hydrogens (primary N) is 1. The highest BCUT2D eigenvalue weighted by Gasteiger charge is 2.17. The molecule has 2 aromatic carbocycles. The third-order valence-electron chi connectivity index (χ3n) is 2.45. The van der Waals surface area contributed by atoms with E-state index in [2.05, 4.69) is 4.72 Å². The summed E-state index contributed by atoms with van der Waals surface area (Å²) in [5.74, 6) is -3.14. The highest BCUT2D eigenvalue weighted by Crippen LogP contribution is 2.21. The number of benzene rings is 2. The van der Waals surface area contributed by atoms with Gasteiger partial charge in [0.2, 0.25) is 0 Å². The Balaban J connectivity index is 2.35. The van der Waals surface area contributed by atoms with Gasteiger partial charge in [-0.25, -0.2) is 21.6 Å². The van der Waals surface area contributed by atoms with Crippen molar-refractivity contribution >= 4 is 21.4 Å². The molecule has 0 bridgehead atoms. The minimum atomic E-state index is -4.12. The molecule has 0 saturated heterocycles. The Labute approximate surface area is 113 Å². The van der Waals surface area contributed by atoms with Gasteiger partial charge >= 0.3 is 0 Å². The van der Waals surface area contributed by atoms with Crippen LogP contribution in [-0.4, -0.2) is 8.42 Å². The number of halogens is 3. The van der Waals surface area contributed by atoms with Gasteiger partial charge in [-0.3, -0.25) is 4.72 Å². The molecule has 0 saturated carbocycles. The number of nitrogens with one attached hydrogen (secondary N) is 1. The first-order valence-electron chi connectivity index (χ1n) is 5.32. The van der Waals surface area contributed by atoms with E-state index in [1.54, 1.807) is 0 Å². The van der Waals surface area contributed by atoms with E-state index in [1.165, 1.54) is 0 Å². The molecule has 0 radical (unpaired) electrons. The summed E-state index contributed by atoms with van der Waals surface area (Å²) in [5, 5.41) is 0. The van der Waals surface area contributed by atoms with E-state index in [9.17, 15) is 21.6 Å². The first kappa shape index (κ1) is 14.2. The van der Waals surface area contributed by atoms with Gasteiger partial charge in [-0.2, -0.15) is 0 Å². The van der Waals surface area contributed by atoms with Crippen LogP contribution >= 0.6 is 0 Å². The van der Waals surface area contributed by atoms with Gasteiger partial charge in [0.15, 0.2) is 11.6 Å². The van der Waals surface area contributed by atoms with Crippen LogP contribution < -0.4 is 10.5 Å². The van der Waals surface area contributed by atoms with Crippen LogP contribution in [-0.2, 0) is 10.0 Å². The second-order valence-corrected chi connectivity index (χ2v) is 5.60. The number of rotatable bonds is 3. The Bertz CT molecular complexity index is 763. The molecule has 106 valence electrons. The van der Waals surface area contributed by atoms with Crippen molar-refractivity contribution in [2.75, 3.05) is 10.5 Å². The van der Waals surface area contributed by atoms with Crippen molar-refractivity contribution in [3.05, 3.63) is 53.8 Å². The number of anilines is 2. The lowest BCUT2D eigenvalue weighted by Crippen LogP contribution is -2.13. The van der Waals surface area contributed by atoms with E-state index in [4.69, 9.17) is 5.73 Å². The average molecular weight is 302 g/mol. The Hall–Kier alpha value is -2.22. The molecule has 0 aliphatic heterocycles. The van der Waals surface area contributed by atoms with Crippen molar-refractivity contribution in [1.82, 2.24) is 0 Å². The van der Waals surface area contributed by atoms with Crippen molar-refractivity contribution in [1.29, 1.82) is 0 Å². The van der Waals surface area contributed by atoms with E-state index >= 15 is 0 Å². The highest BCUT2D eigenvalue weighted by molar-refractivity contribution is 7.92. The molecule has 0 atom stereocenters. The summed E-state index contributed by atoms with van der Waals surface area (Å²) in [5.41, 5.74) is 5.07. The zero-order valence-electron chi connectivity index (χ0n) is 9.90. The summed E-state index contributed by atoms with van der Waals surface area (Å²) in [6, 6.07) is 5.37. The molecule has 0 unspecified atom stereocenters. The lowest BCUT2D eigenvalue weighted by molar-refractivity contribution is 0.504. The summed E-state index contributed by atoms with van der Waals surface area (Å²) in [4.78, 5) is -0.459. The maximum Gasteiger partial charge on any atom is 0.262 e. The molecule has 0 heterocycles. The summed E-state index contributed by atoms with van der Waals surface area (Å²) in [7, 11) is -4.12. The van der Waals surface area contributed by atoms with Crippen LogP contribution in [0.2, 0.25) is 0 Å². The molecule has 2 rings (SSSR count). The quantitative estimate of drug-likeness (QED) is 0.856. The Morgan fingerprint density at radius 1 is 0.900 bits per heavy atom. The minimum absolute atomic E-state index is 0.00799. The fourth-order valence-electron chi connectivity index (χ4n) is 1.47. The molecule has 0 aromatic heterocycles. The lowest BCUT2D eigenvalue weighted by atomic mass is 10.3. The van der Waals surface area contributed by atoms with Crippen LogP contribution in [0.15, 0.2) is 41.3 Å². The van der Waals surface area contributed by atoms with Crippen LogP contribution in [0.3, 0.4) is 0 Å². The largest absolute Gasteiger partial charge is 0.396 e. The first-order valence-corrected chi connectivity index (χ1v) is 6.81. The molecule has 0 aliphatic carbocycles. The second kappa shape index (κ2) is 5.04. The van der Waals surface area contributed by atoms with Crippen LogP contribution in [0, 0.1) is 17.5 Å². The fraction of sp³-hybridized carbons (Fsp3) is 0. The molecular formula is C12H9F3N2O2S. The van der Waals surface area contributed by atoms with Crippen LogP contribution in [0.1, 0.15) is 0 Å². The predicted molar refractivity (Wildman–Crippen MR) is 68.0 cm³/mol. The molecule has 2 aromatic rings. The molecular weight excluding hydrogens is 293 g/mol. The van der Waals surface area contributed by atoms with Gasteiger partial charge in [0.1, 0.15) is 5.82 Å². The van der Waals surface area contributed by atoms with Gasteiger partial charge in [0, 0.05) is 0 Å². The minimum Gasteiger partial charge on any atom is -0.396 e. The zero-order chi connectivity index (χ0) is 14.9. The average Bonchev–Trinajstić information content (AvgIpc) is 2.37. The second-order valence-electron chi connectivity index (χ2n) is 3.92. The Morgan fingerprint density at radius 2 is 1.55 bits per heavy atom. The van der Waals surface area contributed by atoms with E-state index in [-0.39, 0.29) is 11.4 Å². The summed E-state index contributed by atoms with van der Waals surface area (Å²) in [6.45, 7) is 0. The number of sulfonamides is 1. The molecule has 0 aliphatic rings. The van der Waals surface area contributed by atoms with Gasteiger partial charge in [-0.15, -0.1) is 0 Å².